The van der Waals surface area contributed by atoms with Crippen molar-refractivity contribution < 1.29 is 0 Å². The first-order valence-corrected chi connectivity index (χ1v) is 4.09. The predicted molar refractivity (Wildman–Crippen MR) is 35.4 cm³/mol. The van der Waals surface area contributed by atoms with Gasteiger partial charge in [-0.25, -0.2) is 0 Å². The van der Waals surface area contributed by atoms with Crippen LogP contribution in [0.3, 0.4) is 0 Å². The summed E-state index contributed by atoms with van der Waals surface area (Å²) in [6, 6.07) is 0. The SMILES string of the molecule is CC(C)(C)[PH+]=S. The molecule has 0 nitrogen and oxygen atoms in total. The third-order valence-electron chi connectivity index (χ3n) is 0.306. The molecule has 0 aromatic carbocycles. The van der Waals surface area contributed by atoms with Crippen molar-refractivity contribution in [3.05, 3.63) is 0 Å². The van der Waals surface area contributed by atoms with Crippen molar-refractivity contribution in [2.75, 3.05) is 0 Å². The van der Waals surface area contributed by atoms with Crippen molar-refractivity contribution in [1.29, 1.82) is 0 Å². The van der Waals surface area contributed by atoms with Gasteiger partial charge < -0.3 is 0 Å². The molecular weight excluding hydrogens is 111 g/mol. The fraction of sp³-hybridized carbons (Fsp3) is 1.00. The lowest BCUT2D eigenvalue weighted by Gasteiger charge is -1.95. The minimum absolute atomic E-state index is 0.384. The third kappa shape index (κ3) is 4.52. The highest BCUT2D eigenvalue weighted by Gasteiger charge is 2.12. The fourth-order valence-electron chi connectivity index (χ4n) is 0. The Balaban J connectivity index is 3.45. The second-order valence-electron chi connectivity index (χ2n) is 2.35. The molecule has 0 saturated heterocycles. The molecule has 0 spiro atoms. The van der Waals surface area contributed by atoms with Crippen LogP contribution < -0.4 is 0 Å². The van der Waals surface area contributed by atoms with E-state index < -0.39 is 0 Å². The summed E-state index contributed by atoms with van der Waals surface area (Å²) in [5.74, 6) is 0. The number of hydrogen-bond donors (Lipinski definition) is 0. The standard InChI is InChI=1S/C4H9PS/c1-4(2,3)5-6/h1-3H3/p+1. The van der Waals surface area contributed by atoms with Gasteiger partial charge in [0, 0.05) is 0 Å². The van der Waals surface area contributed by atoms with Crippen LogP contribution in [-0.4, -0.2) is 5.16 Å². The van der Waals surface area contributed by atoms with Gasteiger partial charge in [0.05, 0.1) is 0 Å². The smallest absolute Gasteiger partial charge is 0.0182 e. The van der Waals surface area contributed by atoms with Crippen LogP contribution in [-0.2, 0) is 11.8 Å². The molecule has 0 fully saturated rings. The van der Waals surface area contributed by atoms with Crippen molar-refractivity contribution in [2.45, 2.75) is 25.9 Å². The fourth-order valence-corrected chi connectivity index (χ4v) is 0. The number of hydrogen-bond acceptors (Lipinski definition) is 1. The molecule has 0 aromatic heterocycles. The van der Waals surface area contributed by atoms with E-state index in [1.54, 1.807) is 0 Å². The monoisotopic (exact) mass is 121 g/mol. The molecule has 1 atom stereocenters. The van der Waals surface area contributed by atoms with E-state index in [0.717, 1.165) is 0 Å². The maximum Gasteiger partial charge on any atom is 0.166 e. The van der Waals surface area contributed by atoms with Crippen LogP contribution in [0.4, 0.5) is 0 Å². The van der Waals surface area contributed by atoms with Gasteiger partial charge >= 0.3 is 0 Å². The van der Waals surface area contributed by atoms with Crippen LogP contribution in [0.15, 0.2) is 0 Å². The summed E-state index contributed by atoms with van der Waals surface area (Å²) in [5.41, 5.74) is 0. The van der Waals surface area contributed by atoms with E-state index >= 15 is 0 Å². The first kappa shape index (κ1) is 6.52. The van der Waals surface area contributed by atoms with Gasteiger partial charge in [0.1, 0.15) is 5.16 Å². The number of rotatable bonds is 0. The first-order valence-electron chi connectivity index (χ1n) is 1.95. The van der Waals surface area contributed by atoms with Crippen molar-refractivity contribution in [1.82, 2.24) is 0 Å². The lowest BCUT2D eigenvalue weighted by molar-refractivity contribution is 0.803. The normalized spacial score (nSPS) is 12.5. The molecular formula is C4H10PS+. The predicted octanol–water partition coefficient (Wildman–Crippen LogP) is 1.93. The molecule has 0 aliphatic rings. The Morgan fingerprint density at radius 3 is 1.50 bits per heavy atom. The molecule has 6 heavy (non-hydrogen) atoms. The third-order valence-corrected chi connectivity index (χ3v) is 2.76. The highest BCUT2D eigenvalue weighted by molar-refractivity contribution is 7.97. The Labute approximate surface area is 45.8 Å². The van der Waals surface area contributed by atoms with Crippen LogP contribution in [0, 0.1) is 0 Å². The maximum atomic E-state index is 4.82. The van der Waals surface area contributed by atoms with E-state index in [2.05, 4.69) is 20.8 Å². The average molecular weight is 121 g/mol. The maximum absolute atomic E-state index is 4.82. The molecule has 0 saturated carbocycles. The molecule has 0 rings (SSSR count). The van der Waals surface area contributed by atoms with Gasteiger partial charge in [0.15, 0.2) is 19.2 Å². The van der Waals surface area contributed by atoms with Gasteiger partial charge in [-0.1, -0.05) is 0 Å². The van der Waals surface area contributed by atoms with Gasteiger partial charge in [0.2, 0.25) is 0 Å². The molecule has 0 heterocycles. The van der Waals surface area contributed by atoms with Crippen LogP contribution in [0.1, 0.15) is 20.8 Å². The zero-order valence-electron chi connectivity index (χ0n) is 4.41. The summed E-state index contributed by atoms with van der Waals surface area (Å²) in [7, 11) is 0.650. The second kappa shape index (κ2) is 1.99. The van der Waals surface area contributed by atoms with E-state index in [1.807, 2.05) is 0 Å². The zero-order chi connectivity index (χ0) is 5.21. The second-order valence-corrected chi connectivity index (χ2v) is 4.67. The Hall–Kier alpha value is 0.520. The van der Waals surface area contributed by atoms with Crippen LogP contribution in [0.25, 0.3) is 0 Å². The van der Waals surface area contributed by atoms with Crippen LogP contribution >= 0.6 is 7.36 Å². The average Bonchev–Trinajstić information content (AvgIpc) is 1.35. The van der Waals surface area contributed by atoms with Crippen molar-refractivity contribution in [2.24, 2.45) is 0 Å². The quantitative estimate of drug-likeness (QED) is 0.441. The molecule has 0 N–H and O–H groups in total. The van der Waals surface area contributed by atoms with Crippen molar-refractivity contribution in [3.8, 4) is 0 Å². The molecule has 36 valence electrons. The molecule has 1 unspecified atom stereocenters. The van der Waals surface area contributed by atoms with Gasteiger partial charge in [-0.15, -0.1) is 0 Å². The molecule has 0 aliphatic heterocycles. The Morgan fingerprint density at radius 1 is 1.33 bits per heavy atom. The van der Waals surface area contributed by atoms with Gasteiger partial charge in [-0.2, -0.15) is 0 Å². The summed E-state index contributed by atoms with van der Waals surface area (Å²) >= 11 is 4.82. The minimum atomic E-state index is 0.384. The van der Waals surface area contributed by atoms with Crippen molar-refractivity contribution in [3.63, 3.8) is 0 Å². The minimum Gasteiger partial charge on any atom is -0.0182 e. The molecule has 0 aromatic rings. The van der Waals surface area contributed by atoms with E-state index in [9.17, 15) is 0 Å². The molecule has 0 radical (unpaired) electrons. The highest BCUT2D eigenvalue weighted by Crippen LogP contribution is 2.18. The summed E-state index contributed by atoms with van der Waals surface area (Å²) in [5, 5.41) is 0.384. The van der Waals surface area contributed by atoms with E-state index in [0.29, 0.717) is 12.5 Å². The Morgan fingerprint density at radius 2 is 1.50 bits per heavy atom. The molecule has 0 aliphatic carbocycles. The van der Waals surface area contributed by atoms with Gasteiger partial charge in [-0.05, 0) is 20.8 Å². The lowest BCUT2D eigenvalue weighted by Crippen LogP contribution is -1.99. The zero-order valence-corrected chi connectivity index (χ0v) is 6.22. The van der Waals surface area contributed by atoms with Crippen LogP contribution in [0.5, 0.6) is 0 Å². The lowest BCUT2D eigenvalue weighted by atomic mass is 10.3. The summed E-state index contributed by atoms with van der Waals surface area (Å²) in [4.78, 5) is 0. The molecule has 2 heteroatoms. The van der Waals surface area contributed by atoms with E-state index in [1.165, 1.54) is 0 Å². The summed E-state index contributed by atoms with van der Waals surface area (Å²) < 4.78 is 0. The van der Waals surface area contributed by atoms with Gasteiger partial charge in [0.25, 0.3) is 0 Å². The topological polar surface area (TPSA) is 0 Å². The van der Waals surface area contributed by atoms with Crippen molar-refractivity contribution >= 4 is 19.2 Å². The summed E-state index contributed by atoms with van der Waals surface area (Å²) in [6.45, 7) is 6.45. The molecule has 0 bridgehead atoms. The highest BCUT2D eigenvalue weighted by atomic mass is 32.4. The first-order chi connectivity index (χ1) is 2.56. The van der Waals surface area contributed by atoms with E-state index in [-0.39, 0.29) is 0 Å². The Kier molecular flexibility index (Phi) is 2.17. The molecule has 0 amide bonds. The Bertz CT molecular complexity index is 53.1. The van der Waals surface area contributed by atoms with Gasteiger partial charge in [-0.3, -0.25) is 0 Å². The van der Waals surface area contributed by atoms with E-state index in [4.69, 9.17) is 11.8 Å². The summed E-state index contributed by atoms with van der Waals surface area (Å²) in [6.07, 6.45) is 0. The largest absolute Gasteiger partial charge is 0.166 e. The van der Waals surface area contributed by atoms with Crippen LogP contribution in [0.2, 0.25) is 0 Å².